The lowest BCUT2D eigenvalue weighted by Gasteiger charge is -1.97. The zero-order chi connectivity index (χ0) is 6.69. The maximum atomic E-state index is 3.70. The lowest BCUT2D eigenvalue weighted by molar-refractivity contribution is -0.669. The van der Waals surface area contributed by atoms with E-state index in [0.717, 1.165) is 0 Å². The van der Waals surface area contributed by atoms with Crippen LogP contribution in [0.25, 0.3) is 5.98 Å². The van der Waals surface area contributed by atoms with Crippen molar-refractivity contribution in [1.82, 2.24) is 0 Å². The Kier molecular flexibility index (Phi) is 1.78. The summed E-state index contributed by atoms with van der Waals surface area (Å²) in [6.07, 6.45) is 4.53. The van der Waals surface area contributed by atoms with Crippen molar-refractivity contribution < 1.29 is 4.57 Å². The Morgan fingerprint density at radius 1 is 1.67 bits per heavy atom. The van der Waals surface area contributed by atoms with Gasteiger partial charge in [-0.2, -0.15) is 0 Å². The third-order valence-electron chi connectivity index (χ3n) is 1.33. The molecule has 0 amide bonds. The van der Waals surface area contributed by atoms with Gasteiger partial charge in [-0.3, -0.25) is 10.5 Å². The van der Waals surface area contributed by atoms with Gasteiger partial charge in [-0.05, 0) is 18.5 Å². The minimum atomic E-state index is 0.417. The van der Waals surface area contributed by atoms with Crippen molar-refractivity contribution in [1.29, 1.82) is 0 Å². The van der Waals surface area contributed by atoms with Crippen molar-refractivity contribution in [3.05, 3.63) is 30.9 Å². The lowest BCUT2D eigenvalue weighted by atomic mass is 9.69. The minimum absolute atomic E-state index is 0.417. The number of hydrogen-bond donors (Lipinski definition) is 0. The second-order valence-electron chi connectivity index (χ2n) is 2.16. The fourth-order valence-electron chi connectivity index (χ4n) is 0.824. The zero-order valence-corrected chi connectivity index (χ0v) is 5.62. The smallest absolute Gasteiger partial charge is 0.161 e. The normalized spacial score (nSPS) is 9.00. The van der Waals surface area contributed by atoms with Crippen molar-refractivity contribution in [3.63, 3.8) is 0 Å². The van der Waals surface area contributed by atoms with Crippen LogP contribution < -0.4 is 4.57 Å². The predicted molar refractivity (Wildman–Crippen MR) is 40.0 cm³/mol. The van der Waals surface area contributed by atoms with Crippen LogP contribution in [0.15, 0.2) is 30.9 Å². The molecule has 1 aromatic rings. The zero-order valence-electron chi connectivity index (χ0n) is 5.62. The van der Waals surface area contributed by atoms with E-state index in [2.05, 4.69) is 18.6 Å². The third-order valence-corrected chi connectivity index (χ3v) is 1.33. The molecule has 1 aromatic heterocycles. The molecule has 0 fully saturated rings. The average Bonchev–Trinajstić information content (AvgIpc) is 1.88. The lowest BCUT2D eigenvalue weighted by Crippen LogP contribution is -2.28. The number of nitrogens with zero attached hydrogens (tertiary/aromatic N) is 1. The van der Waals surface area contributed by atoms with Gasteiger partial charge >= 0.3 is 0 Å². The Morgan fingerprint density at radius 2 is 2.44 bits per heavy atom. The van der Waals surface area contributed by atoms with Crippen LogP contribution in [0.5, 0.6) is 0 Å². The third kappa shape index (κ3) is 1.49. The van der Waals surface area contributed by atoms with E-state index in [9.17, 15) is 0 Å². The number of rotatable bonds is 1. The number of aromatic nitrogens is 1. The molecule has 0 saturated heterocycles. The van der Waals surface area contributed by atoms with Crippen molar-refractivity contribution >= 4 is 12.3 Å². The SMILES string of the molecule is C=C[b-]1ccc[n+](C)c1. The Labute approximate surface area is 55.7 Å². The summed E-state index contributed by atoms with van der Waals surface area (Å²) in [7, 11) is 2.01. The Bertz CT molecular complexity index is 220. The summed E-state index contributed by atoms with van der Waals surface area (Å²) >= 11 is 0. The first-order valence-electron chi connectivity index (χ1n) is 3.04. The maximum Gasteiger partial charge on any atom is 0.161 e. The number of hydrogen-bond acceptors (Lipinski definition) is 0. The molecule has 0 aromatic carbocycles. The topological polar surface area (TPSA) is 3.88 Å². The monoisotopic (exact) mass is 119 g/mol. The van der Waals surface area contributed by atoms with Gasteiger partial charge in [0.25, 0.3) is 0 Å². The first-order valence-corrected chi connectivity index (χ1v) is 3.04. The summed E-state index contributed by atoms with van der Waals surface area (Å²) in [6, 6.07) is 2.03. The predicted octanol–water partition coefficient (Wildman–Crippen LogP) is 0.637. The first kappa shape index (κ1) is 6.21. The van der Waals surface area contributed by atoms with E-state index in [1.54, 1.807) is 0 Å². The van der Waals surface area contributed by atoms with Gasteiger partial charge in [-0.1, -0.05) is 0 Å². The summed E-state index contributed by atoms with van der Waals surface area (Å²) in [5, 5.41) is 0. The van der Waals surface area contributed by atoms with Gasteiger partial charge in [0.1, 0.15) is 7.05 Å². The molecule has 9 heavy (non-hydrogen) atoms. The summed E-state index contributed by atoms with van der Waals surface area (Å²) in [5.74, 6) is 4.02. The quantitative estimate of drug-likeness (QED) is 0.477. The summed E-state index contributed by atoms with van der Waals surface area (Å²) in [4.78, 5) is 0. The molecule has 0 radical (unpaired) electrons. The maximum absolute atomic E-state index is 3.70. The van der Waals surface area contributed by atoms with Gasteiger partial charge in [0, 0.05) is 0 Å². The van der Waals surface area contributed by atoms with Crippen molar-refractivity contribution in [2.24, 2.45) is 7.05 Å². The molecule has 0 bridgehead atoms. The van der Waals surface area contributed by atoms with Crippen LogP contribution >= 0.6 is 0 Å². The molecule has 0 aliphatic heterocycles. The number of aryl methyl sites for hydroxylation is 1. The van der Waals surface area contributed by atoms with Crippen LogP contribution in [-0.4, -0.2) is 6.34 Å². The van der Waals surface area contributed by atoms with Crippen molar-refractivity contribution in [2.75, 3.05) is 0 Å². The molecule has 1 nitrogen and oxygen atoms in total. The molecule has 2 heteroatoms. The molecule has 1 heterocycles. The van der Waals surface area contributed by atoms with Crippen LogP contribution in [0.4, 0.5) is 0 Å². The van der Waals surface area contributed by atoms with Gasteiger partial charge in [-0.15, -0.1) is 6.58 Å². The van der Waals surface area contributed by atoms with E-state index in [1.165, 1.54) is 0 Å². The molecule has 0 aliphatic rings. The largest absolute Gasteiger partial charge is 0.260 e. The fourth-order valence-corrected chi connectivity index (χ4v) is 0.824. The Morgan fingerprint density at radius 3 is 2.89 bits per heavy atom. The van der Waals surface area contributed by atoms with Crippen LogP contribution in [-0.2, 0) is 7.05 Å². The molecule has 0 aliphatic carbocycles. The second kappa shape index (κ2) is 2.58. The standard InChI is InChI=1S/C7H10BN/c1-3-8-5-4-6-9(2)7-8/h3-7H,1H2,2H3. The molecular weight excluding hydrogens is 109 g/mol. The molecule has 0 saturated carbocycles. The van der Waals surface area contributed by atoms with E-state index in [4.69, 9.17) is 0 Å². The van der Waals surface area contributed by atoms with E-state index < -0.39 is 0 Å². The van der Waals surface area contributed by atoms with Gasteiger partial charge in [0.2, 0.25) is 0 Å². The fraction of sp³-hybridized carbons (Fsp3) is 0.143. The van der Waals surface area contributed by atoms with Gasteiger partial charge in [0.05, 0.1) is 0 Å². The highest BCUT2D eigenvalue weighted by atomic mass is 14.9. The van der Waals surface area contributed by atoms with Crippen LogP contribution in [0.1, 0.15) is 0 Å². The van der Waals surface area contributed by atoms with Gasteiger partial charge < -0.3 is 0 Å². The highest BCUT2D eigenvalue weighted by molar-refractivity contribution is 6.64. The molecule has 0 spiro atoms. The van der Waals surface area contributed by atoms with Crippen molar-refractivity contribution in [2.45, 2.75) is 0 Å². The average molecular weight is 119 g/mol. The minimum Gasteiger partial charge on any atom is -0.260 e. The highest BCUT2D eigenvalue weighted by Crippen LogP contribution is 1.78. The van der Waals surface area contributed by atoms with Crippen LogP contribution in [0, 0.1) is 0 Å². The summed E-state index contributed by atoms with van der Waals surface area (Å²) in [5.41, 5.74) is 0. The van der Waals surface area contributed by atoms with Gasteiger partial charge in [0.15, 0.2) is 6.20 Å². The second-order valence-corrected chi connectivity index (χ2v) is 2.16. The molecule has 0 unspecified atom stereocenters. The first-order chi connectivity index (χ1) is 4.33. The van der Waals surface area contributed by atoms with E-state index in [0.29, 0.717) is 6.34 Å². The van der Waals surface area contributed by atoms with Gasteiger partial charge in [-0.25, -0.2) is 5.96 Å². The van der Waals surface area contributed by atoms with E-state index in [1.807, 2.05) is 29.9 Å². The molecular formula is C7H10BN. The molecule has 1 rings (SSSR count). The Hall–Kier alpha value is -0.915. The van der Waals surface area contributed by atoms with Crippen LogP contribution in [0.3, 0.4) is 0 Å². The molecule has 0 N–H and O–H groups in total. The van der Waals surface area contributed by atoms with E-state index in [-0.39, 0.29) is 0 Å². The van der Waals surface area contributed by atoms with E-state index >= 15 is 0 Å². The van der Waals surface area contributed by atoms with Crippen LogP contribution in [0.2, 0.25) is 0 Å². The summed E-state index contributed by atoms with van der Waals surface area (Å²) < 4.78 is 2.03. The summed E-state index contributed by atoms with van der Waals surface area (Å²) in [6.45, 7) is 3.70. The Balaban J connectivity index is 3.07. The van der Waals surface area contributed by atoms with Crippen molar-refractivity contribution in [3.8, 4) is 0 Å². The molecule has 0 atom stereocenters. The molecule has 46 valence electrons. The highest BCUT2D eigenvalue weighted by Gasteiger charge is 1.79.